The lowest BCUT2D eigenvalue weighted by Crippen LogP contribution is -2.53. The number of thiophene rings is 1. The van der Waals surface area contributed by atoms with Crippen LogP contribution in [0.1, 0.15) is 6.92 Å². The summed E-state index contributed by atoms with van der Waals surface area (Å²) in [6.45, 7) is 2.89. The predicted molar refractivity (Wildman–Crippen MR) is 85.6 cm³/mol. The molecule has 6 nitrogen and oxygen atoms in total. The third kappa shape index (κ3) is 4.08. The van der Waals surface area contributed by atoms with E-state index in [2.05, 4.69) is 0 Å². The summed E-state index contributed by atoms with van der Waals surface area (Å²) in [5.74, 6) is -0.152. The van der Waals surface area contributed by atoms with Crippen LogP contribution in [0.3, 0.4) is 0 Å². The summed E-state index contributed by atoms with van der Waals surface area (Å²) in [5.41, 5.74) is 5.54. The zero-order chi connectivity index (χ0) is 14.9. The Bertz CT molecular complexity index is 596. The van der Waals surface area contributed by atoms with E-state index < -0.39 is 16.1 Å². The fraction of sp³-hybridized carbons (Fsp3) is 0.545. The number of carbonyl (C=O) groups excluding carboxylic acids is 1. The fourth-order valence-electron chi connectivity index (χ4n) is 2.00. The van der Waals surface area contributed by atoms with Gasteiger partial charge in [-0.15, -0.1) is 23.7 Å². The van der Waals surface area contributed by atoms with Crippen molar-refractivity contribution in [1.82, 2.24) is 9.21 Å². The first kappa shape index (κ1) is 18.7. The summed E-state index contributed by atoms with van der Waals surface area (Å²) >= 11 is 6.81. The third-order valence-electron chi connectivity index (χ3n) is 3.08. The summed E-state index contributed by atoms with van der Waals surface area (Å²) in [7, 11) is -3.51. The van der Waals surface area contributed by atoms with Crippen LogP contribution in [0, 0.1) is 0 Å². The third-order valence-corrected chi connectivity index (χ3v) is 6.68. The van der Waals surface area contributed by atoms with Crippen molar-refractivity contribution in [1.29, 1.82) is 0 Å². The van der Waals surface area contributed by atoms with Gasteiger partial charge in [-0.1, -0.05) is 11.6 Å². The molecular weight excluding hydrogens is 357 g/mol. The Morgan fingerprint density at radius 1 is 1.33 bits per heavy atom. The molecule has 0 aromatic carbocycles. The Hall–Kier alpha value is -0.380. The van der Waals surface area contributed by atoms with Gasteiger partial charge in [-0.25, -0.2) is 8.42 Å². The molecule has 120 valence electrons. The molecular formula is C11H17Cl2N3O3S2. The first-order valence-corrected chi connectivity index (χ1v) is 8.75. The van der Waals surface area contributed by atoms with Gasteiger partial charge in [0.2, 0.25) is 5.91 Å². The number of halogens is 2. The normalized spacial score (nSPS) is 18.1. The van der Waals surface area contributed by atoms with Crippen LogP contribution in [0.15, 0.2) is 16.3 Å². The molecule has 0 saturated carbocycles. The number of nitrogens with zero attached hydrogens (tertiary/aromatic N) is 2. The zero-order valence-electron chi connectivity index (χ0n) is 11.4. The van der Waals surface area contributed by atoms with Gasteiger partial charge in [0.1, 0.15) is 4.21 Å². The highest BCUT2D eigenvalue weighted by Gasteiger charge is 2.31. The highest BCUT2D eigenvalue weighted by atomic mass is 35.5. The largest absolute Gasteiger partial charge is 0.339 e. The predicted octanol–water partition coefficient (Wildman–Crippen LogP) is 1.00. The molecule has 2 rings (SSSR count). The lowest BCUT2D eigenvalue weighted by atomic mass is 10.2. The molecule has 0 aliphatic carbocycles. The molecule has 1 amide bonds. The molecule has 1 aliphatic rings. The van der Waals surface area contributed by atoms with Crippen LogP contribution in [-0.2, 0) is 14.8 Å². The summed E-state index contributed by atoms with van der Waals surface area (Å²) < 4.78 is 26.8. The van der Waals surface area contributed by atoms with E-state index in [-0.39, 0.29) is 35.6 Å². The van der Waals surface area contributed by atoms with E-state index in [1.807, 2.05) is 0 Å². The minimum Gasteiger partial charge on any atom is -0.339 e. The Morgan fingerprint density at radius 2 is 1.90 bits per heavy atom. The first-order valence-electron chi connectivity index (χ1n) is 6.12. The van der Waals surface area contributed by atoms with Crippen molar-refractivity contribution in [2.24, 2.45) is 5.73 Å². The average molecular weight is 374 g/mol. The summed E-state index contributed by atoms with van der Waals surface area (Å²) in [6, 6.07) is 2.51. The molecule has 10 heteroatoms. The summed E-state index contributed by atoms with van der Waals surface area (Å²) in [4.78, 5) is 13.3. The van der Waals surface area contributed by atoms with Gasteiger partial charge in [-0.3, -0.25) is 4.79 Å². The van der Waals surface area contributed by atoms with Crippen LogP contribution >= 0.6 is 35.3 Å². The van der Waals surface area contributed by atoms with Crippen molar-refractivity contribution in [2.75, 3.05) is 26.2 Å². The highest BCUT2D eigenvalue weighted by molar-refractivity contribution is 7.91. The molecule has 21 heavy (non-hydrogen) atoms. The molecule has 0 radical (unpaired) electrons. The van der Waals surface area contributed by atoms with E-state index in [4.69, 9.17) is 17.3 Å². The van der Waals surface area contributed by atoms with Crippen molar-refractivity contribution >= 4 is 51.3 Å². The number of hydrogen-bond donors (Lipinski definition) is 1. The van der Waals surface area contributed by atoms with Gasteiger partial charge in [-0.05, 0) is 19.1 Å². The molecule has 1 aliphatic heterocycles. The van der Waals surface area contributed by atoms with Gasteiger partial charge in [0.05, 0.1) is 10.4 Å². The van der Waals surface area contributed by atoms with E-state index in [1.165, 1.54) is 10.4 Å². The number of amides is 1. The molecule has 1 saturated heterocycles. The van der Waals surface area contributed by atoms with Crippen molar-refractivity contribution in [3.63, 3.8) is 0 Å². The van der Waals surface area contributed by atoms with Crippen molar-refractivity contribution in [2.45, 2.75) is 17.2 Å². The number of sulfonamides is 1. The molecule has 0 spiro atoms. The van der Waals surface area contributed by atoms with Gasteiger partial charge in [0.15, 0.2) is 0 Å². The van der Waals surface area contributed by atoms with Gasteiger partial charge < -0.3 is 10.6 Å². The van der Waals surface area contributed by atoms with Crippen LogP contribution < -0.4 is 5.73 Å². The van der Waals surface area contributed by atoms with E-state index in [0.29, 0.717) is 17.4 Å². The Balaban J connectivity index is 0.00000220. The molecule has 1 aromatic heterocycles. The molecule has 2 heterocycles. The van der Waals surface area contributed by atoms with Gasteiger partial charge in [-0.2, -0.15) is 4.31 Å². The minimum atomic E-state index is -3.51. The van der Waals surface area contributed by atoms with Crippen molar-refractivity contribution < 1.29 is 13.2 Å². The fourth-order valence-corrected chi connectivity index (χ4v) is 5.06. The maximum atomic E-state index is 12.4. The summed E-state index contributed by atoms with van der Waals surface area (Å²) in [5, 5.41) is 0. The van der Waals surface area contributed by atoms with E-state index in [0.717, 1.165) is 11.3 Å². The SMILES string of the molecule is C[C@H](N)C(=O)N1CCN(S(=O)(=O)c2ccc(Cl)s2)CC1.Cl. The number of hydrogen-bond acceptors (Lipinski definition) is 5. The summed E-state index contributed by atoms with van der Waals surface area (Å²) in [6.07, 6.45) is 0. The second-order valence-corrected chi connectivity index (χ2v) is 8.46. The monoisotopic (exact) mass is 373 g/mol. The van der Waals surface area contributed by atoms with Gasteiger partial charge in [0.25, 0.3) is 10.0 Å². The van der Waals surface area contributed by atoms with E-state index >= 15 is 0 Å². The van der Waals surface area contributed by atoms with Crippen LogP contribution in [0.2, 0.25) is 4.34 Å². The Kier molecular flexibility index (Phi) is 6.45. The maximum absolute atomic E-state index is 12.4. The molecule has 1 aromatic rings. The smallest absolute Gasteiger partial charge is 0.252 e. The number of carbonyl (C=O) groups is 1. The lowest BCUT2D eigenvalue weighted by Gasteiger charge is -2.34. The van der Waals surface area contributed by atoms with E-state index in [1.54, 1.807) is 17.9 Å². The second-order valence-electron chi connectivity index (χ2n) is 4.58. The molecule has 0 bridgehead atoms. The van der Waals surface area contributed by atoms with Crippen molar-refractivity contribution in [3.8, 4) is 0 Å². The van der Waals surface area contributed by atoms with Crippen LogP contribution in [0.25, 0.3) is 0 Å². The van der Waals surface area contributed by atoms with Crippen LogP contribution in [0.4, 0.5) is 0 Å². The van der Waals surface area contributed by atoms with Gasteiger partial charge >= 0.3 is 0 Å². The molecule has 2 N–H and O–H groups in total. The number of piperazine rings is 1. The highest BCUT2D eigenvalue weighted by Crippen LogP contribution is 2.28. The van der Waals surface area contributed by atoms with Crippen molar-refractivity contribution in [3.05, 3.63) is 16.5 Å². The average Bonchev–Trinajstić information content (AvgIpc) is 2.85. The molecule has 1 atom stereocenters. The topological polar surface area (TPSA) is 83.7 Å². The van der Waals surface area contributed by atoms with E-state index in [9.17, 15) is 13.2 Å². The number of rotatable bonds is 3. The van der Waals surface area contributed by atoms with Gasteiger partial charge in [0, 0.05) is 26.2 Å². The standard InChI is InChI=1S/C11H16ClN3O3S2.ClH/c1-8(13)11(16)14-4-6-15(7-5-14)20(17,18)10-3-2-9(12)19-10;/h2-3,8H,4-7,13H2,1H3;1H/t8-;/m0./s1. The lowest BCUT2D eigenvalue weighted by molar-refractivity contribution is -0.133. The Labute approximate surface area is 139 Å². The maximum Gasteiger partial charge on any atom is 0.252 e. The van der Waals surface area contributed by atoms with Crippen LogP contribution in [0.5, 0.6) is 0 Å². The minimum absolute atomic E-state index is 0. The molecule has 0 unspecified atom stereocenters. The number of nitrogens with two attached hydrogens (primary N) is 1. The first-order chi connectivity index (χ1) is 9.32. The van der Waals surface area contributed by atoms with Crippen LogP contribution in [-0.4, -0.2) is 55.8 Å². The molecule has 1 fully saturated rings. The Morgan fingerprint density at radius 3 is 2.33 bits per heavy atom. The zero-order valence-corrected chi connectivity index (χ0v) is 14.6. The second kappa shape index (κ2) is 7.26. The quantitative estimate of drug-likeness (QED) is 0.856.